The number of amides is 1. The van der Waals surface area contributed by atoms with E-state index in [9.17, 15) is 9.59 Å². The number of nitrogens with one attached hydrogen (secondary N) is 1. The Labute approximate surface area is 152 Å². The molecule has 1 aliphatic rings. The van der Waals surface area contributed by atoms with E-state index in [1.807, 2.05) is 6.07 Å². The SMILES string of the molecule is CCOC(=O)c1c(NC(=O)CC)sc2c1CC[C@@H](c1ccccc1)C2. The molecule has 5 heteroatoms. The van der Waals surface area contributed by atoms with Crippen LogP contribution in [0, 0.1) is 0 Å². The van der Waals surface area contributed by atoms with E-state index in [2.05, 4.69) is 29.6 Å². The van der Waals surface area contributed by atoms with Crippen LogP contribution in [0.1, 0.15) is 59.0 Å². The summed E-state index contributed by atoms with van der Waals surface area (Å²) in [5.74, 6) is 0.0467. The Bertz CT molecular complexity index is 767. The van der Waals surface area contributed by atoms with Gasteiger partial charge in [0, 0.05) is 11.3 Å². The van der Waals surface area contributed by atoms with Gasteiger partial charge in [0.25, 0.3) is 0 Å². The molecule has 0 bridgehead atoms. The summed E-state index contributed by atoms with van der Waals surface area (Å²) in [6.45, 7) is 3.93. The van der Waals surface area contributed by atoms with Crippen LogP contribution in [-0.4, -0.2) is 18.5 Å². The summed E-state index contributed by atoms with van der Waals surface area (Å²) in [4.78, 5) is 25.5. The summed E-state index contributed by atoms with van der Waals surface area (Å²) in [7, 11) is 0. The van der Waals surface area contributed by atoms with Crippen molar-refractivity contribution >= 4 is 28.2 Å². The molecule has 0 aliphatic heterocycles. The first-order chi connectivity index (χ1) is 12.1. The molecule has 1 aromatic carbocycles. The van der Waals surface area contributed by atoms with Crippen LogP contribution in [0.4, 0.5) is 5.00 Å². The standard InChI is InChI=1S/C20H23NO3S/c1-3-17(22)21-19-18(20(23)24-4-2)15-11-10-14(12-16(15)25-19)13-8-6-5-7-9-13/h5-9,14H,3-4,10-12H2,1-2H3,(H,21,22)/t14-/m1/s1. The van der Waals surface area contributed by atoms with Gasteiger partial charge in [0.15, 0.2) is 0 Å². The third-order valence-corrected chi connectivity index (χ3v) is 5.76. The van der Waals surface area contributed by atoms with E-state index < -0.39 is 0 Å². The minimum Gasteiger partial charge on any atom is -0.462 e. The first-order valence-electron chi connectivity index (χ1n) is 8.80. The van der Waals surface area contributed by atoms with Gasteiger partial charge in [0.2, 0.25) is 5.91 Å². The fraction of sp³-hybridized carbons (Fsp3) is 0.400. The first kappa shape index (κ1) is 17.7. The molecule has 1 atom stereocenters. The fourth-order valence-electron chi connectivity index (χ4n) is 3.32. The zero-order chi connectivity index (χ0) is 17.8. The lowest BCUT2D eigenvalue weighted by molar-refractivity contribution is -0.115. The van der Waals surface area contributed by atoms with Crippen LogP contribution in [-0.2, 0) is 22.4 Å². The largest absolute Gasteiger partial charge is 0.462 e. The van der Waals surface area contributed by atoms with E-state index >= 15 is 0 Å². The summed E-state index contributed by atoms with van der Waals surface area (Å²) in [6, 6.07) is 10.5. The second-order valence-corrected chi connectivity index (χ2v) is 7.29. The fourth-order valence-corrected chi connectivity index (χ4v) is 4.65. The van der Waals surface area contributed by atoms with Crippen molar-refractivity contribution in [1.82, 2.24) is 0 Å². The van der Waals surface area contributed by atoms with Crippen LogP contribution in [0.25, 0.3) is 0 Å². The molecular formula is C20H23NO3S. The summed E-state index contributed by atoms with van der Waals surface area (Å²) in [5, 5.41) is 3.53. The van der Waals surface area contributed by atoms with E-state index in [4.69, 9.17) is 4.74 Å². The Kier molecular flexibility index (Phi) is 5.53. The highest BCUT2D eigenvalue weighted by Gasteiger charge is 2.30. The number of anilines is 1. The summed E-state index contributed by atoms with van der Waals surface area (Å²) >= 11 is 1.53. The van der Waals surface area contributed by atoms with Crippen molar-refractivity contribution < 1.29 is 14.3 Å². The Morgan fingerprint density at radius 3 is 2.68 bits per heavy atom. The Morgan fingerprint density at radius 1 is 1.24 bits per heavy atom. The van der Waals surface area contributed by atoms with E-state index in [1.165, 1.54) is 21.8 Å². The van der Waals surface area contributed by atoms with Gasteiger partial charge >= 0.3 is 5.97 Å². The van der Waals surface area contributed by atoms with Crippen LogP contribution >= 0.6 is 11.3 Å². The molecule has 3 rings (SSSR count). The number of esters is 1. The topological polar surface area (TPSA) is 55.4 Å². The van der Waals surface area contributed by atoms with Crippen LogP contribution in [0.3, 0.4) is 0 Å². The predicted octanol–water partition coefficient (Wildman–Crippen LogP) is 4.55. The third kappa shape index (κ3) is 3.76. The minimum absolute atomic E-state index is 0.0799. The maximum Gasteiger partial charge on any atom is 0.341 e. The van der Waals surface area contributed by atoms with Gasteiger partial charge in [-0.2, -0.15) is 0 Å². The number of fused-ring (bicyclic) bond motifs is 1. The van der Waals surface area contributed by atoms with Gasteiger partial charge in [-0.15, -0.1) is 11.3 Å². The molecule has 0 saturated heterocycles. The van der Waals surface area contributed by atoms with Crippen molar-refractivity contribution in [1.29, 1.82) is 0 Å². The molecule has 132 valence electrons. The number of carbonyl (C=O) groups excluding carboxylic acids is 2. The second-order valence-electron chi connectivity index (χ2n) is 6.18. The molecule has 4 nitrogen and oxygen atoms in total. The minimum atomic E-state index is -0.329. The smallest absolute Gasteiger partial charge is 0.341 e. The van der Waals surface area contributed by atoms with Gasteiger partial charge in [0.05, 0.1) is 12.2 Å². The zero-order valence-corrected chi connectivity index (χ0v) is 15.4. The second kappa shape index (κ2) is 7.83. The highest BCUT2D eigenvalue weighted by atomic mass is 32.1. The molecule has 25 heavy (non-hydrogen) atoms. The molecule has 1 amide bonds. The number of hydrogen-bond donors (Lipinski definition) is 1. The predicted molar refractivity (Wildman–Crippen MR) is 100 cm³/mol. The summed E-state index contributed by atoms with van der Waals surface area (Å²) < 4.78 is 5.24. The van der Waals surface area contributed by atoms with Gasteiger partial charge in [-0.3, -0.25) is 4.79 Å². The molecular weight excluding hydrogens is 334 g/mol. The monoisotopic (exact) mass is 357 g/mol. The van der Waals surface area contributed by atoms with Crippen molar-refractivity contribution in [2.45, 2.75) is 45.4 Å². The van der Waals surface area contributed by atoms with Crippen molar-refractivity contribution in [3.8, 4) is 0 Å². The van der Waals surface area contributed by atoms with Gasteiger partial charge in [0.1, 0.15) is 5.00 Å². The molecule has 1 aliphatic carbocycles. The average Bonchev–Trinajstić information content (AvgIpc) is 2.99. The van der Waals surface area contributed by atoms with Crippen LogP contribution in [0.15, 0.2) is 30.3 Å². The van der Waals surface area contributed by atoms with E-state index in [0.29, 0.717) is 29.5 Å². The van der Waals surface area contributed by atoms with Crippen molar-refractivity contribution in [3.05, 3.63) is 51.9 Å². The van der Waals surface area contributed by atoms with Crippen LogP contribution < -0.4 is 5.32 Å². The van der Waals surface area contributed by atoms with Crippen LogP contribution in [0.5, 0.6) is 0 Å². The molecule has 2 aromatic rings. The average molecular weight is 357 g/mol. The molecule has 1 N–H and O–H groups in total. The van der Waals surface area contributed by atoms with E-state index in [0.717, 1.165) is 24.8 Å². The van der Waals surface area contributed by atoms with E-state index in [1.54, 1.807) is 13.8 Å². The number of hydrogen-bond acceptors (Lipinski definition) is 4. The molecule has 1 aromatic heterocycles. The molecule has 0 fully saturated rings. The number of ether oxygens (including phenoxy) is 1. The maximum atomic E-state index is 12.5. The highest BCUT2D eigenvalue weighted by Crippen LogP contribution is 2.42. The zero-order valence-electron chi connectivity index (χ0n) is 14.6. The molecule has 1 heterocycles. The number of rotatable bonds is 5. The van der Waals surface area contributed by atoms with Gasteiger partial charge in [-0.1, -0.05) is 37.3 Å². The first-order valence-corrected chi connectivity index (χ1v) is 9.62. The molecule has 0 radical (unpaired) electrons. The Balaban J connectivity index is 1.93. The lowest BCUT2D eigenvalue weighted by atomic mass is 9.83. The normalized spacial score (nSPS) is 16.2. The molecule has 0 saturated carbocycles. The number of thiophene rings is 1. The van der Waals surface area contributed by atoms with Gasteiger partial charge < -0.3 is 10.1 Å². The quantitative estimate of drug-likeness (QED) is 0.799. The maximum absolute atomic E-state index is 12.5. The number of carbonyl (C=O) groups is 2. The molecule has 0 spiro atoms. The van der Waals surface area contributed by atoms with Crippen molar-refractivity contribution in [2.24, 2.45) is 0 Å². The molecule has 0 unspecified atom stereocenters. The third-order valence-electron chi connectivity index (χ3n) is 4.59. The highest BCUT2D eigenvalue weighted by molar-refractivity contribution is 7.17. The van der Waals surface area contributed by atoms with E-state index in [-0.39, 0.29) is 11.9 Å². The summed E-state index contributed by atoms with van der Waals surface area (Å²) in [6.07, 6.45) is 3.12. The van der Waals surface area contributed by atoms with Crippen molar-refractivity contribution in [2.75, 3.05) is 11.9 Å². The van der Waals surface area contributed by atoms with Crippen molar-refractivity contribution in [3.63, 3.8) is 0 Å². The lowest BCUT2D eigenvalue weighted by Crippen LogP contribution is -2.16. The number of benzene rings is 1. The summed E-state index contributed by atoms with van der Waals surface area (Å²) in [5.41, 5.74) is 2.95. The van der Waals surface area contributed by atoms with Gasteiger partial charge in [-0.25, -0.2) is 4.79 Å². The Hall–Kier alpha value is -2.14. The van der Waals surface area contributed by atoms with Crippen LogP contribution in [0.2, 0.25) is 0 Å². The lowest BCUT2D eigenvalue weighted by Gasteiger charge is -2.23. The Morgan fingerprint density at radius 2 is 2.00 bits per heavy atom. The van der Waals surface area contributed by atoms with Gasteiger partial charge in [-0.05, 0) is 43.2 Å².